The van der Waals surface area contributed by atoms with Crippen molar-refractivity contribution in [2.75, 3.05) is 7.11 Å². The number of nitrogens with two attached hydrogens (primary N) is 1. The van der Waals surface area contributed by atoms with Gasteiger partial charge in [-0.15, -0.1) is 0 Å². The zero-order valence-corrected chi connectivity index (χ0v) is 8.25. The fraction of sp³-hybridized carbons (Fsp3) is 0.250. The molecule has 0 heterocycles. The fourth-order valence-electron chi connectivity index (χ4n) is 1.08. The van der Waals surface area contributed by atoms with Gasteiger partial charge < -0.3 is 10.5 Å². The topological polar surface area (TPSA) is 78.4 Å². The van der Waals surface area contributed by atoms with Crippen LogP contribution in [0.5, 0.6) is 5.75 Å². The first-order chi connectivity index (χ1) is 6.60. The Morgan fingerprint density at radius 2 is 2.29 bits per heavy atom. The number of nitrogens with zero attached hydrogens (tertiary/aromatic N) is 1. The van der Waals surface area contributed by atoms with Crippen LogP contribution in [0.1, 0.15) is 5.56 Å². The monoisotopic (exact) mass is 216 g/mol. The third-order valence-electron chi connectivity index (χ3n) is 1.77. The lowest BCUT2D eigenvalue weighted by Gasteiger charge is -2.07. The highest BCUT2D eigenvalue weighted by molar-refractivity contribution is 6.31. The van der Waals surface area contributed by atoms with E-state index in [1.807, 2.05) is 0 Å². The van der Waals surface area contributed by atoms with Gasteiger partial charge in [0.1, 0.15) is 5.75 Å². The molecule has 6 heteroatoms. The normalized spacial score (nSPS) is 9.93. The molecule has 1 aromatic rings. The summed E-state index contributed by atoms with van der Waals surface area (Å²) in [4.78, 5) is 9.95. The highest BCUT2D eigenvalue weighted by Gasteiger charge is 2.14. The lowest BCUT2D eigenvalue weighted by molar-refractivity contribution is -0.384. The summed E-state index contributed by atoms with van der Waals surface area (Å²) in [6.07, 6.45) is 0. The van der Waals surface area contributed by atoms with Gasteiger partial charge >= 0.3 is 0 Å². The molecule has 0 atom stereocenters. The van der Waals surface area contributed by atoms with Crippen LogP contribution in [0.15, 0.2) is 12.1 Å². The first kappa shape index (κ1) is 10.7. The Bertz CT molecular complexity index is 368. The van der Waals surface area contributed by atoms with E-state index < -0.39 is 4.92 Å². The smallest absolute Gasteiger partial charge is 0.274 e. The number of nitro groups is 1. The molecular formula is C8H9ClN2O3. The molecule has 76 valence electrons. The average Bonchev–Trinajstić information content (AvgIpc) is 2.16. The third-order valence-corrected chi connectivity index (χ3v) is 2.11. The van der Waals surface area contributed by atoms with Crippen LogP contribution in [-0.2, 0) is 6.54 Å². The summed E-state index contributed by atoms with van der Waals surface area (Å²) in [5.41, 5.74) is 5.88. The van der Waals surface area contributed by atoms with E-state index in [1.165, 1.54) is 19.2 Å². The lowest BCUT2D eigenvalue weighted by Crippen LogP contribution is -2.02. The first-order valence-electron chi connectivity index (χ1n) is 3.81. The van der Waals surface area contributed by atoms with E-state index in [-0.39, 0.29) is 17.3 Å². The second-order valence-electron chi connectivity index (χ2n) is 2.57. The fourth-order valence-corrected chi connectivity index (χ4v) is 1.37. The van der Waals surface area contributed by atoms with Crippen molar-refractivity contribution in [2.45, 2.75) is 6.54 Å². The molecule has 0 aliphatic carbocycles. The molecule has 2 N–H and O–H groups in total. The zero-order chi connectivity index (χ0) is 10.7. The Hall–Kier alpha value is -1.33. The predicted octanol–water partition coefficient (Wildman–Crippen LogP) is 1.72. The number of benzene rings is 1. The van der Waals surface area contributed by atoms with Crippen LogP contribution in [0, 0.1) is 10.1 Å². The molecule has 0 aromatic heterocycles. The van der Waals surface area contributed by atoms with Crippen molar-refractivity contribution in [3.63, 3.8) is 0 Å². The van der Waals surface area contributed by atoms with E-state index in [1.54, 1.807) is 0 Å². The maximum atomic E-state index is 10.5. The second kappa shape index (κ2) is 4.26. The molecule has 0 spiro atoms. The Morgan fingerprint density at radius 1 is 1.64 bits per heavy atom. The largest absolute Gasteiger partial charge is 0.496 e. The number of hydrogen-bond donors (Lipinski definition) is 1. The van der Waals surface area contributed by atoms with Crippen molar-refractivity contribution in [3.8, 4) is 5.75 Å². The minimum absolute atomic E-state index is 0.107. The van der Waals surface area contributed by atoms with Crippen molar-refractivity contribution < 1.29 is 9.66 Å². The maximum absolute atomic E-state index is 10.5. The van der Waals surface area contributed by atoms with Crippen LogP contribution in [0.25, 0.3) is 0 Å². The molecule has 0 fully saturated rings. The van der Waals surface area contributed by atoms with E-state index in [4.69, 9.17) is 22.1 Å². The summed E-state index contributed by atoms with van der Waals surface area (Å²) < 4.78 is 4.94. The van der Waals surface area contributed by atoms with Gasteiger partial charge in [0.2, 0.25) is 0 Å². The molecule has 0 saturated heterocycles. The van der Waals surface area contributed by atoms with E-state index in [9.17, 15) is 10.1 Å². The van der Waals surface area contributed by atoms with Gasteiger partial charge in [-0.3, -0.25) is 10.1 Å². The predicted molar refractivity (Wildman–Crippen MR) is 52.5 cm³/mol. The molecule has 0 unspecified atom stereocenters. The van der Waals surface area contributed by atoms with Gasteiger partial charge in [-0.2, -0.15) is 0 Å². The van der Waals surface area contributed by atoms with Crippen LogP contribution in [0.2, 0.25) is 5.02 Å². The molecule has 0 radical (unpaired) electrons. The standard InChI is InChI=1S/C8H9ClN2O3/c1-14-8-3-5(11(12)13)2-7(9)6(8)4-10/h2-3H,4,10H2,1H3. The van der Waals surface area contributed by atoms with Gasteiger partial charge in [0.15, 0.2) is 0 Å². The van der Waals surface area contributed by atoms with Crippen molar-refractivity contribution in [3.05, 3.63) is 32.8 Å². The third kappa shape index (κ3) is 1.94. The number of methoxy groups -OCH3 is 1. The van der Waals surface area contributed by atoms with Crippen LogP contribution >= 0.6 is 11.6 Å². The first-order valence-corrected chi connectivity index (χ1v) is 4.18. The van der Waals surface area contributed by atoms with Crippen LogP contribution in [-0.4, -0.2) is 12.0 Å². The summed E-state index contributed by atoms with van der Waals surface area (Å²) in [6.45, 7) is 0.181. The number of halogens is 1. The molecular weight excluding hydrogens is 208 g/mol. The molecule has 0 saturated carbocycles. The Labute approximate surface area is 85.6 Å². The Morgan fingerprint density at radius 3 is 2.71 bits per heavy atom. The van der Waals surface area contributed by atoms with E-state index in [0.717, 1.165) is 0 Å². The lowest BCUT2D eigenvalue weighted by atomic mass is 10.2. The second-order valence-corrected chi connectivity index (χ2v) is 2.98. The molecule has 14 heavy (non-hydrogen) atoms. The number of hydrogen-bond acceptors (Lipinski definition) is 4. The molecule has 0 aliphatic rings. The van der Waals surface area contributed by atoms with Crippen molar-refractivity contribution in [1.29, 1.82) is 0 Å². The number of rotatable bonds is 3. The zero-order valence-electron chi connectivity index (χ0n) is 7.49. The quantitative estimate of drug-likeness (QED) is 0.616. The summed E-state index contributed by atoms with van der Waals surface area (Å²) >= 11 is 5.79. The van der Waals surface area contributed by atoms with E-state index in [2.05, 4.69) is 0 Å². The number of nitro benzene ring substituents is 1. The van der Waals surface area contributed by atoms with Crippen LogP contribution in [0.3, 0.4) is 0 Å². The molecule has 0 aliphatic heterocycles. The average molecular weight is 217 g/mol. The Balaban J connectivity index is 3.31. The molecule has 0 amide bonds. The SMILES string of the molecule is COc1cc([N+](=O)[O-])cc(Cl)c1CN. The summed E-state index contributed by atoms with van der Waals surface area (Å²) in [5.74, 6) is 0.340. The van der Waals surface area contributed by atoms with Crippen LogP contribution < -0.4 is 10.5 Å². The number of ether oxygens (including phenoxy) is 1. The molecule has 0 bridgehead atoms. The minimum Gasteiger partial charge on any atom is -0.496 e. The van der Waals surface area contributed by atoms with Gasteiger partial charge in [-0.25, -0.2) is 0 Å². The summed E-state index contributed by atoms with van der Waals surface area (Å²) in [6, 6.07) is 2.56. The summed E-state index contributed by atoms with van der Waals surface area (Å²) in [5, 5.41) is 10.7. The van der Waals surface area contributed by atoms with E-state index >= 15 is 0 Å². The van der Waals surface area contributed by atoms with Crippen molar-refractivity contribution in [1.82, 2.24) is 0 Å². The van der Waals surface area contributed by atoms with Gasteiger partial charge in [0.05, 0.1) is 23.1 Å². The van der Waals surface area contributed by atoms with Gasteiger partial charge in [0.25, 0.3) is 5.69 Å². The highest BCUT2D eigenvalue weighted by Crippen LogP contribution is 2.31. The van der Waals surface area contributed by atoms with Gasteiger partial charge in [-0.1, -0.05) is 11.6 Å². The van der Waals surface area contributed by atoms with Crippen molar-refractivity contribution in [2.24, 2.45) is 5.73 Å². The van der Waals surface area contributed by atoms with Gasteiger partial charge in [-0.05, 0) is 0 Å². The van der Waals surface area contributed by atoms with Gasteiger partial charge in [0, 0.05) is 18.2 Å². The number of non-ortho nitro benzene ring substituents is 1. The Kier molecular flexibility index (Phi) is 3.27. The molecule has 1 aromatic carbocycles. The maximum Gasteiger partial charge on any atom is 0.274 e. The molecule has 1 rings (SSSR count). The summed E-state index contributed by atoms with van der Waals surface area (Å²) in [7, 11) is 1.41. The molecule has 5 nitrogen and oxygen atoms in total. The van der Waals surface area contributed by atoms with E-state index in [0.29, 0.717) is 11.3 Å². The van der Waals surface area contributed by atoms with Crippen LogP contribution in [0.4, 0.5) is 5.69 Å². The highest BCUT2D eigenvalue weighted by atomic mass is 35.5. The van der Waals surface area contributed by atoms with Crippen molar-refractivity contribution >= 4 is 17.3 Å². The minimum atomic E-state index is -0.533.